The average molecular weight is 419 g/mol. The molecule has 2 aromatic rings. The lowest BCUT2D eigenvalue weighted by atomic mass is 10.2. The van der Waals surface area contributed by atoms with Crippen molar-refractivity contribution in [1.29, 1.82) is 0 Å². The molecule has 0 radical (unpaired) electrons. The van der Waals surface area contributed by atoms with Crippen molar-refractivity contribution >= 4 is 38.9 Å². The SMILES string of the molecule is CCC(=O)N1CCCN(S(=O)(=O)c2ccc(Cl)s2)CC1c1nc(C)no1. The molecule has 1 aliphatic rings. The molecule has 1 amide bonds. The summed E-state index contributed by atoms with van der Waals surface area (Å²) in [6, 6.07) is 2.44. The first-order chi connectivity index (χ1) is 12.3. The molecule has 1 aliphatic heterocycles. The number of amides is 1. The van der Waals surface area contributed by atoms with Crippen molar-refractivity contribution in [2.45, 2.75) is 36.9 Å². The summed E-state index contributed by atoms with van der Waals surface area (Å²) in [4.78, 5) is 18.2. The zero-order valence-electron chi connectivity index (χ0n) is 14.4. The zero-order valence-corrected chi connectivity index (χ0v) is 16.8. The summed E-state index contributed by atoms with van der Waals surface area (Å²) in [5.41, 5.74) is 0. The third-order valence-electron chi connectivity index (χ3n) is 4.15. The second-order valence-electron chi connectivity index (χ2n) is 5.91. The van der Waals surface area contributed by atoms with Crippen LogP contribution >= 0.6 is 22.9 Å². The molecule has 1 fully saturated rings. The van der Waals surface area contributed by atoms with Crippen LogP contribution in [0.5, 0.6) is 0 Å². The summed E-state index contributed by atoms with van der Waals surface area (Å²) in [5, 5.41) is 3.78. The Hall–Kier alpha value is -1.49. The highest BCUT2D eigenvalue weighted by atomic mass is 35.5. The van der Waals surface area contributed by atoms with Gasteiger partial charge in [0, 0.05) is 26.1 Å². The number of aromatic nitrogens is 2. The Labute approximate surface area is 160 Å². The number of carbonyl (C=O) groups is 1. The van der Waals surface area contributed by atoms with Crippen LogP contribution in [0.4, 0.5) is 0 Å². The highest BCUT2D eigenvalue weighted by molar-refractivity contribution is 7.91. The number of sulfonamides is 1. The van der Waals surface area contributed by atoms with Crippen molar-refractivity contribution in [3.63, 3.8) is 0 Å². The molecule has 0 N–H and O–H groups in total. The van der Waals surface area contributed by atoms with Gasteiger partial charge in [-0.3, -0.25) is 4.79 Å². The fraction of sp³-hybridized carbons (Fsp3) is 0.533. The van der Waals surface area contributed by atoms with Gasteiger partial charge >= 0.3 is 0 Å². The van der Waals surface area contributed by atoms with Crippen LogP contribution in [0, 0.1) is 6.92 Å². The second-order valence-corrected chi connectivity index (χ2v) is 9.79. The van der Waals surface area contributed by atoms with Gasteiger partial charge in [0.05, 0.1) is 4.34 Å². The van der Waals surface area contributed by atoms with Crippen LogP contribution in [0.15, 0.2) is 20.9 Å². The maximum absolute atomic E-state index is 13.0. The lowest BCUT2D eigenvalue weighted by Gasteiger charge is -2.28. The molecule has 142 valence electrons. The van der Waals surface area contributed by atoms with Gasteiger partial charge in [-0.15, -0.1) is 11.3 Å². The van der Waals surface area contributed by atoms with Gasteiger partial charge in [0.15, 0.2) is 5.82 Å². The van der Waals surface area contributed by atoms with E-state index in [-0.39, 0.29) is 22.6 Å². The molecule has 11 heteroatoms. The van der Waals surface area contributed by atoms with Gasteiger partial charge in [0.2, 0.25) is 5.91 Å². The van der Waals surface area contributed by atoms with Gasteiger partial charge in [0.25, 0.3) is 15.9 Å². The molecule has 0 saturated carbocycles. The molecule has 0 bridgehead atoms. The van der Waals surface area contributed by atoms with Crippen molar-refractivity contribution in [1.82, 2.24) is 19.3 Å². The van der Waals surface area contributed by atoms with Crippen LogP contribution in [0.25, 0.3) is 0 Å². The van der Waals surface area contributed by atoms with Gasteiger partial charge in [-0.2, -0.15) is 9.29 Å². The minimum Gasteiger partial charge on any atom is -0.337 e. The highest BCUT2D eigenvalue weighted by Gasteiger charge is 2.37. The first kappa shape index (κ1) is 19.3. The molecule has 0 spiro atoms. The van der Waals surface area contributed by atoms with E-state index in [4.69, 9.17) is 16.1 Å². The Balaban J connectivity index is 1.96. The molecule has 3 heterocycles. The van der Waals surface area contributed by atoms with E-state index in [0.29, 0.717) is 36.1 Å². The highest BCUT2D eigenvalue weighted by Crippen LogP contribution is 2.32. The molecular formula is C15H19ClN4O4S2. The minimum absolute atomic E-state index is 0.0607. The number of thiophene rings is 1. The first-order valence-corrected chi connectivity index (χ1v) is 10.8. The molecule has 2 aromatic heterocycles. The van der Waals surface area contributed by atoms with Gasteiger partial charge in [-0.1, -0.05) is 23.7 Å². The van der Waals surface area contributed by atoms with Crippen molar-refractivity contribution < 1.29 is 17.7 Å². The Kier molecular flexibility index (Phi) is 5.66. The summed E-state index contributed by atoms with van der Waals surface area (Å²) in [7, 11) is -3.71. The number of carbonyl (C=O) groups excluding carboxylic acids is 1. The molecule has 0 aromatic carbocycles. The monoisotopic (exact) mass is 418 g/mol. The van der Waals surface area contributed by atoms with Crippen molar-refractivity contribution in [2.75, 3.05) is 19.6 Å². The summed E-state index contributed by atoms with van der Waals surface area (Å²) in [6.45, 7) is 4.24. The summed E-state index contributed by atoms with van der Waals surface area (Å²) in [5.74, 6) is 0.604. The van der Waals surface area contributed by atoms with Gasteiger partial charge in [0.1, 0.15) is 10.3 Å². The maximum atomic E-state index is 13.0. The third kappa shape index (κ3) is 3.78. The van der Waals surface area contributed by atoms with Gasteiger partial charge < -0.3 is 9.42 Å². The smallest absolute Gasteiger partial charge is 0.252 e. The lowest BCUT2D eigenvalue weighted by molar-refractivity contribution is -0.133. The van der Waals surface area contributed by atoms with E-state index in [9.17, 15) is 13.2 Å². The molecule has 0 aliphatic carbocycles. The number of hydrogen-bond acceptors (Lipinski definition) is 7. The van der Waals surface area contributed by atoms with E-state index in [1.165, 1.54) is 10.4 Å². The standard InChI is InChI=1S/C15H19ClN4O4S2/c1-3-13(21)20-8-4-7-19(9-11(20)15-17-10(2)18-24-15)26(22,23)14-6-5-12(16)25-14/h5-6,11H,3-4,7-9H2,1-2H3. The third-order valence-corrected chi connectivity index (χ3v) is 7.72. The largest absolute Gasteiger partial charge is 0.337 e. The minimum atomic E-state index is -3.71. The van der Waals surface area contributed by atoms with Crippen molar-refractivity contribution in [3.8, 4) is 0 Å². The topological polar surface area (TPSA) is 96.6 Å². The molecule has 26 heavy (non-hydrogen) atoms. The van der Waals surface area contributed by atoms with Crippen LogP contribution in [0.3, 0.4) is 0 Å². The molecular weight excluding hydrogens is 400 g/mol. The number of rotatable bonds is 4. The molecule has 1 unspecified atom stereocenters. The van der Waals surface area contributed by atoms with Gasteiger partial charge in [-0.25, -0.2) is 8.42 Å². The van der Waals surface area contributed by atoms with Crippen molar-refractivity contribution in [3.05, 3.63) is 28.2 Å². The zero-order chi connectivity index (χ0) is 18.9. The van der Waals surface area contributed by atoms with Crippen LogP contribution in [0.1, 0.15) is 37.5 Å². The molecule has 1 atom stereocenters. The van der Waals surface area contributed by atoms with Crippen LogP contribution in [-0.2, 0) is 14.8 Å². The molecule has 3 rings (SSSR count). The number of nitrogens with zero attached hydrogens (tertiary/aromatic N) is 4. The summed E-state index contributed by atoms with van der Waals surface area (Å²) in [6.07, 6.45) is 0.838. The van der Waals surface area contributed by atoms with E-state index in [1.54, 1.807) is 24.8 Å². The fourth-order valence-corrected chi connectivity index (χ4v) is 6.02. The Morgan fingerprint density at radius 3 is 2.77 bits per heavy atom. The van der Waals surface area contributed by atoms with E-state index in [2.05, 4.69) is 10.1 Å². The fourth-order valence-electron chi connectivity index (χ4n) is 2.90. The van der Waals surface area contributed by atoms with Crippen LogP contribution in [0.2, 0.25) is 4.34 Å². The second kappa shape index (κ2) is 7.63. The number of aryl methyl sites for hydroxylation is 1. The lowest BCUT2D eigenvalue weighted by Crippen LogP contribution is -2.40. The van der Waals surface area contributed by atoms with Crippen LogP contribution in [-0.4, -0.2) is 53.3 Å². The van der Waals surface area contributed by atoms with E-state index >= 15 is 0 Å². The predicted octanol–water partition coefficient (Wildman–Crippen LogP) is 2.47. The molecule has 8 nitrogen and oxygen atoms in total. The molecule has 1 saturated heterocycles. The normalized spacial score (nSPS) is 19.5. The van der Waals surface area contributed by atoms with E-state index in [0.717, 1.165) is 11.3 Å². The average Bonchev–Trinajstić information content (AvgIpc) is 3.16. The first-order valence-electron chi connectivity index (χ1n) is 8.18. The Morgan fingerprint density at radius 2 is 2.19 bits per heavy atom. The quantitative estimate of drug-likeness (QED) is 0.756. The Morgan fingerprint density at radius 1 is 1.42 bits per heavy atom. The Bertz CT molecular complexity index is 895. The predicted molar refractivity (Wildman–Crippen MR) is 96.5 cm³/mol. The van der Waals surface area contributed by atoms with Gasteiger partial charge in [-0.05, 0) is 25.5 Å². The maximum Gasteiger partial charge on any atom is 0.252 e. The van der Waals surface area contributed by atoms with E-state index < -0.39 is 16.1 Å². The summed E-state index contributed by atoms with van der Waals surface area (Å²) >= 11 is 6.91. The number of hydrogen-bond donors (Lipinski definition) is 0. The number of halogens is 1. The van der Waals surface area contributed by atoms with E-state index in [1.807, 2.05) is 0 Å². The van der Waals surface area contributed by atoms with Crippen molar-refractivity contribution in [2.24, 2.45) is 0 Å². The summed E-state index contributed by atoms with van der Waals surface area (Å²) < 4.78 is 33.2. The van der Waals surface area contributed by atoms with Crippen LogP contribution < -0.4 is 0 Å².